The molecule has 0 atom stereocenters. The van der Waals surface area contributed by atoms with Gasteiger partial charge in [0.15, 0.2) is 5.82 Å². The van der Waals surface area contributed by atoms with Crippen LogP contribution in [0.15, 0.2) is 17.0 Å². The second-order valence-corrected chi connectivity index (χ2v) is 2.98. The van der Waals surface area contributed by atoms with Crippen molar-refractivity contribution in [2.75, 3.05) is 0 Å². The fourth-order valence-electron chi connectivity index (χ4n) is 1.16. The van der Waals surface area contributed by atoms with Crippen molar-refractivity contribution in [3.8, 4) is 0 Å². The Morgan fingerprint density at radius 2 is 2.43 bits per heavy atom. The summed E-state index contributed by atoms with van der Waals surface area (Å²) in [7, 11) is 0. The van der Waals surface area contributed by atoms with E-state index in [4.69, 9.17) is 10.3 Å². The molecule has 6 heteroatoms. The molecule has 0 saturated carbocycles. The molecule has 0 spiro atoms. The summed E-state index contributed by atoms with van der Waals surface area (Å²) in [6, 6.07) is 0. The molecule has 2 heterocycles. The minimum atomic E-state index is 0.440. The first-order chi connectivity index (χ1) is 6.78. The maximum Gasteiger partial charge on any atom is 0.246 e. The van der Waals surface area contributed by atoms with Crippen LogP contribution in [0.4, 0.5) is 0 Å². The van der Waals surface area contributed by atoms with E-state index in [1.54, 1.807) is 13.3 Å². The average molecular weight is 193 g/mol. The molecule has 0 bridgehead atoms. The number of aryl methyl sites for hydroxylation is 1. The summed E-state index contributed by atoms with van der Waals surface area (Å²) in [6.07, 6.45) is 3.56. The third-order valence-electron chi connectivity index (χ3n) is 1.78. The van der Waals surface area contributed by atoms with Gasteiger partial charge in [0.1, 0.15) is 6.54 Å². The Morgan fingerprint density at radius 1 is 1.57 bits per heavy atom. The van der Waals surface area contributed by atoms with Crippen molar-refractivity contribution in [1.82, 2.24) is 19.7 Å². The van der Waals surface area contributed by atoms with Gasteiger partial charge >= 0.3 is 0 Å². The molecule has 2 rings (SSSR count). The summed E-state index contributed by atoms with van der Waals surface area (Å²) < 4.78 is 6.83. The third kappa shape index (κ3) is 1.80. The number of imidazole rings is 1. The number of hydrogen-bond donors (Lipinski definition) is 1. The largest absolute Gasteiger partial charge is 0.337 e. The lowest BCUT2D eigenvalue weighted by molar-refractivity contribution is 0.367. The molecule has 0 fully saturated rings. The lowest BCUT2D eigenvalue weighted by atomic mass is 10.5. The highest BCUT2D eigenvalue weighted by Crippen LogP contribution is 2.01. The highest BCUT2D eigenvalue weighted by atomic mass is 16.5. The Hall–Kier alpha value is -1.69. The van der Waals surface area contributed by atoms with Crippen LogP contribution in [0.5, 0.6) is 0 Å². The zero-order chi connectivity index (χ0) is 9.97. The molecule has 0 saturated heterocycles. The summed E-state index contributed by atoms with van der Waals surface area (Å²) in [4.78, 5) is 8.17. The molecule has 0 amide bonds. The molecule has 6 nitrogen and oxygen atoms in total. The van der Waals surface area contributed by atoms with Gasteiger partial charge in [-0.25, -0.2) is 4.98 Å². The first kappa shape index (κ1) is 8.89. The molecule has 2 N–H and O–H groups in total. The number of nitrogens with two attached hydrogens (primary N) is 1. The smallest absolute Gasteiger partial charge is 0.246 e. The molecule has 0 aliphatic rings. The predicted octanol–water partition coefficient (Wildman–Crippen LogP) is 0.0815. The van der Waals surface area contributed by atoms with E-state index in [2.05, 4.69) is 15.1 Å². The number of nitrogens with zero attached hydrogens (tertiary/aromatic N) is 4. The van der Waals surface area contributed by atoms with Crippen molar-refractivity contribution >= 4 is 0 Å². The Bertz CT molecular complexity index is 419. The van der Waals surface area contributed by atoms with Gasteiger partial charge < -0.3 is 14.8 Å². The fourth-order valence-corrected chi connectivity index (χ4v) is 1.16. The first-order valence-corrected chi connectivity index (χ1v) is 4.28. The van der Waals surface area contributed by atoms with E-state index in [1.807, 2.05) is 10.8 Å². The lowest BCUT2D eigenvalue weighted by Gasteiger charge is -1.93. The quantitative estimate of drug-likeness (QED) is 0.746. The van der Waals surface area contributed by atoms with Gasteiger partial charge in [0.05, 0.1) is 12.0 Å². The van der Waals surface area contributed by atoms with Gasteiger partial charge in [0, 0.05) is 12.7 Å². The van der Waals surface area contributed by atoms with Gasteiger partial charge in [-0.2, -0.15) is 4.98 Å². The van der Waals surface area contributed by atoms with Crippen molar-refractivity contribution in [3.05, 3.63) is 29.9 Å². The number of aromatic nitrogens is 4. The van der Waals surface area contributed by atoms with E-state index >= 15 is 0 Å². The molecule has 14 heavy (non-hydrogen) atoms. The first-order valence-electron chi connectivity index (χ1n) is 4.28. The summed E-state index contributed by atoms with van der Waals surface area (Å²) in [5, 5.41) is 3.70. The Labute approximate surface area is 80.7 Å². The maximum absolute atomic E-state index is 5.43. The summed E-state index contributed by atoms with van der Waals surface area (Å²) in [5.74, 6) is 1.21. The molecule has 0 aliphatic carbocycles. The Kier molecular flexibility index (Phi) is 2.28. The maximum atomic E-state index is 5.43. The predicted molar refractivity (Wildman–Crippen MR) is 48.3 cm³/mol. The van der Waals surface area contributed by atoms with Crippen LogP contribution in [0.3, 0.4) is 0 Å². The van der Waals surface area contributed by atoms with E-state index in [0.717, 1.165) is 5.69 Å². The van der Waals surface area contributed by atoms with Crippen molar-refractivity contribution in [2.24, 2.45) is 5.73 Å². The lowest BCUT2D eigenvalue weighted by Crippen LogP contribution is -1.98. The fraction of sp³-hybridized carbons (Fsp3) is 0.375. The average Bonchev–Trinajstić information content (AvgIpc) is 2.76. The summed E-state index contributed by atoms with van der Waals surface area (Å²) in [5.41, 5.74) is 6.28. The SMILES string of the molecule is Cc1noc(Cn2cnc(CN)c2)n1. The second-order valence-electron chi connectivity index (χ2n) is 2.98. The second kappa shape index (κ2) is 3.59. The van der Waals surface area contributed by atoms with Crippen LogP contribution >= 0.6 is 0 Å². The standard InChI is InChI=1S/C8H11N5O/c1-6-11-8(14-12-6)4-13-3-7(2-9)10-5-13/h3,5H,2,4,9H2,1H3. The van der Waals surface area contributed by atoms with Gasteiger partial charge in [-0.3, -0.25) is 0 Å². The van der Waals surface area contributed by atoms with Crippen molar-refractivity contribution in [3.63, 3.8) is 0 Å². The van der Waals surface area contributed by atoms with E-state index in [-0.39, 0.29) is 0 Å². The molecule has 2 aromatic rings. The third-order valence-corrected chi connectivity index (χ3v) is 1.78. The molecular formula is C8H11N5O. The highest BCUT2D eigenvalue weighted by Gasteiger charge is 2.03. The van der Waals surface area contributed by atoms with Crippen LogP contribution in [0, 0.1) is 6.92 Å². The zero-order valence-electron chi connectivity index (χ0n) is 7.84. The number of hydrogen-bond acceptors (Lipinski definition) is 5. The van der Waals surface area contributed by atoms with Crippen molar-refractivity contribution < 1.29 is 4.52 Å². The highest BCUT2D eigenvalue weighted by molar-refractivity contribution is 4.97. The number of rotatable bonds is 3. The van der Waals surface area contributed by atoms with Gasteiger partial charge in [-0.1, -0.05) is 5.16 Å². The Balaban J connectivity index is 2.10. The summed E-state index contributed by atoms with van der Waals surface area (Å²) >= 11 is 0. The molecule has 0 aliphatic heterocycles. The van der Waals surface area contributed by atoms with Crippen LogP contribution in [-0.4, -0.2) is 19.7 Å². The minimum absolute atomic E-state index is 0.440. The van der Waals surface area contributed by atoms with Gasteiger partial charge in [-0.15, -0.1) is 0 Å². The molecule has 74 valence electrons. The van der Waals surface area contributed by atoms with Gasteiger partial charge in [0.2, 0.25) is 5.89 Å². The molecule has 0 radical (unpaired) electrons. The van der Waals surface area contributed by atoms with Crippen molar-refractivity contribution in [2.45, 2.75) is 20.0 Å². The monoisotopic (exact) mass is 193 g/mol. The van der Waals surface area contributed by atoms with Crippen LogP contribution in [0.2, 0.25) is 0 Å². The van der Waals surface area contributed by atoms with Crippen LogP contribution < -0.4 is 5.73 Å². The van der Waals surface area contributed by atoms with Crippen LogP contribution in [0.1, 0.15) is 17.4 Å². The normalized spacial score (nSPS) is 10.7. The van der Waals surface area contributed by atoms with E-state index in [9.17, 15) is 0 Å². The molecule has 2 aromatic heterocycles. The van der Waals surface area contributed by atoms with E-state index in [0.29, 0.717) is 24.8 Å². The minimum Gasteiger partial charge on any atom is -0.337 e. The van der Waals surface area contributed by atoms with Crippen LogP contribution in [0.25, 0.3) is 0 Å². The zero-order valence-corrected chi connectivity index (χ0v) is 7.84. The van der Waals surface area contributed by atoms with Gasteiger partial charge in [-0.05, 0) is 6.92 Å². The topological polar surface area (TPSA) is 82.8 Å². The van der Waals surface area contributed by atoms with E-state index < -0.39 is 0 Å². The Morgan fingerprint density at radius 3 is 3.00 bits per heavy atom. The molecule has 0 unspecified atom stereocenters. The molecular weight excluding hydrogens is 182 g/mol. The molecule has 0 aromatic carbocycles. The van der Waals surface area contributed by atoms with Crippen LogP contribution in [-0.2, 0) is 13.1 Å². The van der Waals surface area contributed by atoms with E-state index in [1.165, 1.54) is 0 Å². The summed E-state index contributed by atoms with van der Waals surface area (Å²) in [6.45, 7) is 2.76. The van der Waals surface area contributed by atoms with Crippen molar-refractivity contribution in [1.29, 1.82) is 0 Å². The van der Waals surface area contributed by atoms with Gasteiger partial charge in [0.25, 0.3) is 0 Å².